The van der Waals surface area contributed by atoms with Gasteiger partial charge in [-0.1, -0.05) is 23.7 Å². The lowest BCUT2D eigenvalue weighted by Crippen LogP contribution is -2.15. The summed E-state index contributed by atoms with van der Waals surface area (Å²) in [6.07, 6.45) is 1.57. The molecule has 0 bridgehead atoms. The molecule has 23 heavy (non-hydrogen) atoms. The first kappa shape index (κ1) is 16.7. The number of carbonyl (C=O) groups is 2. The second kappa shape index (κ2) is 7.07. The minimum atomic E-state index is -1.17. The van der Waals surface area contributed by atoms with Gasteiger partial charge in [-0.15, -0.1) is 0 Å². The third kappa shape index (κ3) is 4.40. The summed E-state index contributed by atoms with van der Waals surface area (Å²) in [5.74, 6) is -2.01. The second-order valence-electron chi connectivity index (χ2n) is 4.83. The van der Waals surface area contributed by atoms with Gasteiger partial charge in [0, 0.05) is 10.6 Å². The van der Waals surface area contributed by atoms with Gasteiger partial charge in [-0.2, -0.15) is 0 Å². The van der Waals surface area contributed by atoms with E-state index in [0.29, 0.717) is 16.2 Å². The summed E-state index contributed by atoms with van der Waals surface area (Å²) >= 11 is 5.83. The van der Waals surface area contributed by atoms with Crippen molar-refractivity contribution in [3.05, 3.63) is 70.0 Å². The lowest BCUT2D eigenvalue weighted by molar-refractivity contribution is -0.112. The molecule has 0 heterocycles. The number of benzene rings is 2. The molecular formula is C17H13ClFNO3. The first-order valence-corrected chi connectivity index (χ1v) is 7.02. The van der Waals surface area contributed by atoms with Crippen LogP contribution in [0, 0.1) is 5.82 Å². The Morgan fingerprint density at radius 3 is 2.43 bits per heavy atom. The van der Waals surface area contributed by atoms with E-state index in [4.69, 9.17) is 16.7 Å². The highest BCUT2D eigenvalue weighted by Gasteiger charge is 2.14. The molecule has 0 spiro atoms. The third-order valence-electron chi connectivity index (χ3n) is 3.07. The van der Waals surface area contributed by atoms with Gasteiger partial charge in [0.2, 0.25) is 0 Å². The number of aromatic carboxylic acids is 1. The monoisotopic (exact) mass is 333 g/mol. The van der Waals surface area contributed by atoms with E-state index in [2.05, 4.69) is 5.32 Å². The molecule has 0 atom stereocenters. The highest BCUT2D eigenvalue weighted by molar-refractivity contribution is 6.31. The molecule has 0 aromatic heterocycles. The molecule has 2 aromatic carbocycles. The maximum Gasteiger partial charge on any atom is 0.337 e. The third-order valence-corrected chi connectivity index (χ3v) is 3.31. The second-order valence-corrected chi connectivity index (χ2v) is 5.26. The quantitative estimate of drug-likeness (QED) is 0.823. The summed E-state index contributed by atoms with van der Waals surface area (Å²) in [5, 5.41) is 12.0. The lowest BCUT2D eigenvalue weighted by Gasteiger charge is -2.09. The molecule has 0 aliphatic rings. The molecule has 0 aliphatic heterocycles. The molecule has 118 valence electrons. The van der Waals surface area contributed by atoms with Crippen molar-refractivity contribution in [3.8, 4) is 0 Å². The summed E-state index contributed by atoms with van der Waals surface area (Å²) < 4.78 is 12.9. The Labute approximate surface area is 137 Å². The van der Waals surface area contributed by atoms with Gasteiger partial charge in [0.05, 0.1) is 11.3 Å². The Bertz CT molecular complexity index is 785. The van der Waals surface area contributed by atoms with Gasteiger partial charge < -0.3 is 10.4 Å². The number of hydrogen-bond donors (Lipinski definition) is 2. The van der Waals surface area contributed by atoms with Gasteiger partial charge in [0.25, 0.3) is 5.91 Å². The summed E-state index contributed by atoms with van der Waals surface area (Å²) in [6.45, 7) is 1.57. The Hall–Kier alpha value is -2.66. The standard InChI is InChI=1S/C17H13ClFNO3/c1-10(8-11-2-5-13(19)6-3-11)16(21)20-15-9-12(18)4-7-14(15)17(22)23/h2-9H,1H3,(H,20,21)(H,22,23). The molecule has 4 nitrogen and oxygen atoms in total. The summed E-state index contributed by atoms with van der Waals surface area (Å²) in [5.41, 5.74) is 1.05. The number of carboxylic acids is 1. The van der Waals surface area contributed by atoms with Crippen LogP contribution in [0.1, 0.15) is 22.8 Å². The maximum atomic E-state index is 12.9. The number of hydrogen-bond acceptors (Lipinski definition) is 2. The van der Waals surface area contributed by atoms with Crippen LogP contribution < -0.4 is 5.32 Å². The Kier molecular flexibility index (Phi) is 5.13. The number of rotatable bonds is 4. The molecule has 2 rings (SSSR count). The van der Waals surface area contributed by atoms with Crippen molar-refractivity contribution in [1.82, 2.24) is 0 Å². The van der Waals surface area contributed by atoms with Crippen LogP contribution >= 0.6 is 11.6 Å². The zero-order valence-corrected chi connectivity index (χ0v) is 12.9. The summed E-state index contributed by atoms with van der Waals surface area (Å²) in [6, 6.07) is 9.77. The lowest BCUT2D eigenvalue weighted by atomic mass is 10.1. The first-order chi connectivity index (χ1) is 10.9. The van der Waals surface area contributed by atoms with Crippen LogP contribution in [0.2, 0.25) is 5.02 Å². The number of carbonyl (C=O) groups excluding carboxylic acids is 1. The SMILES string of the molecule is CC(=Cc1ccc(F)cc1)C(=O)Nc1cc(Cl)ccc1C(=O)O. The van der Waals surface area contributed by atoms with Crippen molar-refractivity contribution in [2.75, 3.05) is 5.32 Å². The average Bonchev–Trinajstić information content (AvgIpc) is 2.49. The van der Waals surface area contributed by atoms with Gasteiger partial charge in [-0.05, 0) is 48.9 Å². The molecule has 2 N–H and O–H groups in total. The average molecular weight is 334 g/mol. The van der Waals surface area contributed by atoms with Crippen LogP contribution in [-0.4, -0.2) is 17.0 Å². The zero-order chi connectivity index (χ0) is 17.0. The van der Waals surface area contributed by atoms with Crippen molar-refractivity contribution >= 4 is 35.2 Å². The Morgan fingerprint density at radius 1 is 1.17 bits per heavy atom. The van der Waals surface area contributed by atoms with E-state index in [9.17, 15) is 14.0 Å². The molecular weight excluding hydrogens is 321 g/mol. The molecule has 6 heteroatoms. The number of carboxylic acid groups (broad SMARTS) is 1. The Morgan fingerprint density at radius 2 is 1.83 bits per heavy atom. The smallest absolute Gasteiger partial charge is 0.337 e. The van der Waals surface area contributed by atoms with Gasteiger partial charge in [0.1, 0.15) is 5.82 Å². The summed E-state index contributed by atoms with van der Waals surface area (Å²) in [7, 11) is 0. The molecule has 1 amide bonds. The van der Waals surface area contributed by atoms with E-state index in [1.807, 2.05) is 0 Å². The van der Waals surface area contributed by atoms with Gasteiger partial charge >= 0.3 is 5.97 Å². The molecule has 0 fully saturated rings. The number of amides is 1. The van der Waals surface area contributed by atoms with Crippen LogP contribution in [0.5, 0.6) is 0 Å². The molecule has 0 unspecified atom stereocenters. The minimum Gasteiger partial charge on any atom is -0.478 e. The molecule has 2 aromatic rings. The summed E-state index contributed by atoms with van der Waals surface area (Å²) in [4.78, 5) is 23.3. The topological polar surface area (TPSA) is 66.4 Å². The Balaban J connectivity index is 2.23. The van der Waals surface area contributed by atoms with E-state index in [-0.39, 0.29) is 17.1 Å². The van der Waals surface area contributed by atoms with Crippen LogP contribution in [-0.2, 0) is 4.79 Å². The van der Waals surface area contributed by atoms with Crippen molar-refractivity contribution in [2.45, 2.75) is 6.92 Å². The van der Waals surface area contributed by atoms with E-state index in [1.54, 1.807) is 13.0 Å². The molecule has 0 aliphatic carbocycles. The fourth-order valence-electron chi connectivity index (χ4n) is 1.90. The van der Waals surface area contributed by atoms with Crippen LogP contribution in [0.3, 0.4) is 0 Å². The normalized spacial score (nSPS) is 11.2. The molecule has 0 radical (unpaired) electrons. The molecule has 0 saturated heterocycles. The van der Waals surface area contributed by atoms with Gasteiger partial charge in [-0.3, -0.25) is 4.79 Å². The van der Waals surface area contributed by atoms with Gasteiger partial charge in [-0.25, -0.2) is 9.18 Å². The maximum absolute atomic E-state index is 12.9. The largest absolute Gasteiger partial charge is 0.478 e. The van der Waals surface area contributed by atoms with Crippen molar-refractivity contribution in [3.63, 3.8) is 0 Å². The predicted octanol–water partition coefficient (Wildman–Crippen LogP) is 4.22. The predicted molar refractivity (Wildman–Crippen MR) is 87.1 cm³/mol. The number of halogens is 2. The van der Waals surface area contributed by atoms with E-state index >= 15 is 0 Å². The van der Waals surface area contributed by atoms with E-state index in [0.717, 1.165) is 0 Å². The van der Waals surface area contributed by atoms with Crippen molar-refractivity contribution in [2.24, 2.45) is 0 Å². The fourth-order valence-corrected chi connectivity index (χ4v) is 2.07. The molecule has 0 saturated carbocycles. The van der Waals surface area contributed by atoms with Crippen LogP contribution in [0.4, 0.5) is 10.1 Å². The van der Waals surface area contributed by atoms with E-state index in [1.165, 1.54) is 42.5 Å². The van der Waals surface area contributed by atoms with Crippen molar-refractivity contribution < 1.29 is 19.1 Å². The minimum absolute atomic E-state index is 0.0580. The number of nitrogens with one attached hydrogen (secondary N) is 1. The fraction of sp³-hybridized carbons (Fsp3) is 0.0588. The van der Waals surface area contributed by atoms with Crippen LogP contribution in [0.15, 0.2) is 48.0 Å². The highest BCUT2D eigenvalue weighted by Crippen LogP contribution is 2.22. The van der Waals surface area contributed by atoms with Gasteiger partial charge in [0.15, 0.2) is 0 Å². The van der Waals surface area contributed by atoms with Crippen LogP contribution in [0.25, 0.3) is 6.08 Å². The van der Waals surface area contributed by atoms with Crippen molar-refractivity contribution in [1.29, 1.82) is 0 Å². The highest BCUT2D eigenvalue weighted by atomic mass is 35.5. The number of anilines is 1. The first-order valence-electron chi connectivity index (χ1n) is 6.65. The zero-order valence-electron chi connectivity index (χ0n) is 12.1. The van der Waals surface area contributed by atoms with E-state index < -0.39 is 11.9 Å².